The number of anilines is 1. The van der Waals surface area contributed by atoms with Crippen molar-refractivity contribution in [3.8, 4) is 0 Å². The van der Waals surface area contributed by atoms with Gasteiger partial charge in [-0.05, 0) is 29.8 Å². The molecular formula is C12H20BrN3O3. The summed E-state index contributed by atoms with van der Waals surface area (Å²) in [5.74, 6) is 0.614. The van der Waals surface area contributed by atoms with E-state index in [1.807, 2.05) is 18.7 Å². The summed E-state index contributed by atoms with van der Waals surface area (Å²) in [6.07, 6.45) is 1.40. The van der Waals surface area contributed by atoms with Gasteiger partial charge >= 0.3 is 0 Å². The van der Waals surface area contributed by atoms with Gasteiger partial charge in [0, 0.05) is 26.3 Å². The third-order valence-corrected chi connectivity index (χ3v) is 3.21. The lowest BCUT2D eigenvalue weighted by molar-refractivity contribution is 0.141. The fourth-order valence-electron chi connectivity index (χ4n) is 1.56. The van der Waals surface area contributed by atoms with Crippen LogP contribution in [0, 0.1) is 0 Å². The zero-order valence-electron chi connectivity index (χ0n) is 11.3. The summed E-state index contributed by atoms with van der Waals surface area (Å²) in [6.45, 7) is 7.74. The summed E-state index contributed by atoms with van der Waals surface area (Å²) in [5, 5.41) is 0. The van der Waals surface area contributed by atoms with Crippen molar-refractivity contribution in [3.05, 3.63) is 21.2 Å². The van der Waals surface area contributed by atoms with Gasteiger partial charge in [-0.1, -0.05) is 0 Å². The van der Waals surface area contributed by atoms with E-state index in [9.17, 15) is 4.79 Å². The zero-order valence-corrected chi connectivity index (χ0v) is 12.9. The number of aromatic amines is 1. The van der Waals surface area contributed by atoms with E-state index in [-0.39, 0.29) is 5.56 Å². The fourth-order valence-corrected chi connectivity index (χ4v) is 2.02. The first kappa shape index (κ1) is 16.1. The van der Waals surface area contributed by atoms with E-state index in [1.165, 1.54) is 6.33 Å². The molecule has 7 heteroatoms. The Morgan fingerprint density at radius 1 is 1.26 bits per heavy atom. The Bertz CT molecular complexity index is 415. The van der Waals surface area contributed by atoms with E-state index in [0.29, 0.717) is 49.8 Å². The minimum absolute atomic E-state index is 0.192. The van der Waals surface area contributed by atoms with E-state index >= 15 is 0 Å². The van der Waals surface area contributed by atoms with Crippen LogP contribution in [0.15, 0.2) is 15.6 Å². The average molecular weight is 334 g/mol. The monoisotopic (exact) mass is 333 g/mol. The summed E-state index contributed by atoms with van der Waals surface area (Å²) in [7, 11) is 0. The van der Waals surface area contributed by atoms with Crippen molar-refractivity contribution < 1.29 is 9.47 Å². The second-order valence-corrected chi connectivity index (χ2v) is 4.54. The van der Waals surface area contributed by atoms with Crippen LogP contribution < -0.4 is 10.5 Å². The molecule has 6 nitrogen and oxygen atoms in total. The van der Waals surface area contributed by atoms with Crippen molar-refractivity contribution in [1.29, 1.82) is 0 Å². The molecule has 1 rings (SSSR count). The Balaban J connectivity index is 2.75. The molecule has 1 heterocycles. The maximum Gasteiger partial charge on any atom is 0.267 e. The van der Waals surface area contributed by atoms with Gasteiger partial charge in [-0.3, -0.25) is 4.79 Å². The van der Waals surface area contributed by atoms with Crippen molar-refractivity contribution in [3.63, 3.8) is 0 Å². The number of hydrogen-bond acceptors (Lipinski definition) is 5. The number of hydrogen-bond donors (Lipinski definition) is 1. The smallest absolute Gasteiger partial charge is 0.267 e. The van der Waals surface area contributed by atoms with Gasteiger partial charge < -0.3 is 19.4 Å². The lowest BCUT2D eigenvalue weighted by atomic mass is 10.4. The van der Waals surface area contributed by atoms with Gasteiger partial charge in [0.05, 0.1) is 19.5 Å². The summed E-state index contributed by atoms with van der Waals surface area (Å²) >= 11 is 3.27. The number of nitrogens with one attached hydrogen (secondary N) is 1. The van der Waals surface area contributed by atoms with Gasteiger partial charge in [-0.15, -0.1) is 0 Å². The molecule has 0 aliphatic carbocycles. The largest absolute Gasteiger partial charge is 0.380 e. The van der Waals surface area contributed by atoms with Gasteiger partial charge in [-0.25, -0.2) is 4.98 Å². The topological polar surface area (TPSA) is 67.5 Å². The highest BCUT2D eigenvalue weighted by Crippen LogP contribution is 2.18. The molecule has 0 spiro atoms. The first-order valence-electron chi connectivity index (χ1n) is 6.34. The predicted molar refractivity (Wildman–Crippen MR) is 77.8 cm³/mol. The van der Waals surface area contributed by atoms with Crippen LogP contribution in [0.25, 0.3) is 0 Å². The molecule has 0 amide bonds. The van der Waals surface area contributed by atoms with Crippen LogP contribution in [0.1, 0.15) is 13.8 Å². The Hall–Kier alpha value is -0.920. The van der Waals surface area contributed by atoms with E-state index in [2.05, 4.69) is 25.9 Å². The van der Waals surface area contributed by atoms with Crippen LogP contribution in [0.4, 0.5) is 5.82 Å². The second-order valence-electron chi connectivity index (χ2n) is 3.75. The van der Waals surface area contributed by atoms with Crippen LogP contribution in [0.5, 0.6) is 0 Å². The van der Waals surface area contributed by atoms with E-state index in [1.54, 1.807) is 0 Å². The van der Waals surface area contributed by atoms with E-state index in [0.717, 1.165) is 0 Å². The summed E-state index contributed by atoms with van der Waals surface area (Å²) in [5.41, 5.74) is -0.192. The van der Waals surface area contributed by atoms with Crippen molar-refractivity contribution in [2.24, 2.45) is 0 Å². The minimum Gasteiger partial charge on any atom is -0.380 e. The molecular weight excluding hydrogens is 314 g/mol. The van der Waals surface area contributed by atoms with Crippen molar-refractivity contribution >= 4 is 21.7 Å². The van der Waals surface area contributed by atoms with Crippen LogP contribution >= 0.6 is 15.9 Å². The first-order valence-corrected chi connectivity index (χ1v) is 7.13. The number of ether oxygens (including phenoxy) is 2. The zero-order chi connectivity index (χ0) is 14.1. The Morgan fingerprint density at radius 3 is 2.37 bits per heavy atom. The molecule has 0 unspecified atom stereocenters. The van der Waals surface area contributed by atoms with Crippen molar-refractivity contribution in [1.82, 2.24) is 9.97 Å². The standard InChI is InChI=1S/C12H20BrN3O3/c1-3-18-7-5-16(6-8-19-4-2)11-10(13)12(17)15-9-14-11/h9H,3-8H2,1-2H3,(H,14,15,17). The molecule has 1 N–H and O–H groups in total. The number of halogens is 1. The normalized spacial score (nSPS) is 10.7. The van der Waals surface area contributed by atoms with Gasteiger partial charge in [0.1, 0.15) is 10.3 Å². The molecule has 1 aromatic rings. The SMILES string of the molecule is CCOCCN(CCOCC)c1nc[nH]c(=O)c1Br. The van der Waals surface area contributed by atoms with Crippen molar-refractivity contribution in [2.75, 3.05) is 44.4 Å². The maximum atomic E-state index is 11.6. The van der Waals surface area contributed by atoms with Crippen LogP contribution in [-0.4, -0.2) is 49.5 Å². The molecule has 19 heavy (non-hydrogen) atoms. The van der Waals surface area contributed by atoms with Crippen LogP contribution in [-0.2, 0) is 9.47 Å². The molecule has 0 atom stereocenters. The molecule has 0 aromatic carbocycles. The highest BCUT2D eigenvalue weighted by atomic mass is 79.9. The molecule has 0 fully saturated rings. The third kappa shape index (κ3) is 5.30. The number of aromatic nitrogens is 2. The Kier molecular flexibility index (Phi) is 7.69. The van der Waals surface area contributed by atoms with Gasteiger partial charge in [0.15, 0.2) is 0 Å². The van der Waals surface area contributed by atoms with Gasteiger partial charge in [0.2, 0.25) is 0 Å². The molecule has 0 saturated heterocycles. The van der Waals surface area contributed by atoms with E-state index in [4.69, 9.17) is 9.47 Å². The lowest BCUT2D eigenvalue weighted by Gasteiger charge is -2.24. The van der Waals surface area contributed by atoms with E-state index < -0.39 is 0 Å². The first-order chi connectivity index (χ1) is 9.20. The molecule has 108 valence electrons. The molecule has 0 aliphatic rings. The summed E-state index contributed by atoms with van der Waals surface area (Å²) < 4.78 is 11.1. The quantitative estimate of drug-likeness (QED) is 0.692. The molecule has 0 radical (unpaired) electrons. The highest BCUT2D eigenvalue weighted by molar-refractivity contribution is 9.10. The van der Waals surface area contributed by atoms with Gasteiger partial charge in [0.25, 0.3) is 5.56 Å². The molecule has 0 saturated carbocycles. The molecule has 0 aliphatic heterocycles. The summed E-state index contributed by atoms with van der Waals surface area (Å²) in [6, 6.07) is 0. The molecule has 0 bridgehead atoms. The lowest BCUT2D eigenvalue weighted by Crippen LogP contribution is -2.33. The fraction of sp³-hybridized carbons (Fsp3) is 0.667. The third-order valence-electron chi connectivity index (χ3n) is 2.50. The number of rotatable bonds is 9. The molecule has 1 aromatic heterocycles. The van der Waals surface area contributed by atoms with Crippen molar-refractivity contribution in [2.45, 2.75) is 13.8 Å². The summed E-state index contributed by atoms with van der Waals surface area (Å²) in [4.78, 5) is 20.3. The highest BCUT2D eigenvalue weighted by Gasteiger charge is 2.13. The number of nitrogens with zero attached hydrogens (tertiary/aromatic N) is 2. The van der Waals surface area contributed by atoms with Crippen LogP contribution in [0.3, 0.4) is 0 Å². The Labute approximate surface area is 121 Å². The minimum atomic E-state index is -0.192. The average Bonchev–Trinajstić information content (AvgIpc) is 2.41. The second kappa shape index (κ2) is 9.06. The number of H-pyrrole nitrogens is 1. The van der Waals surface area contributed by atoms with Gasteiger partial charge in [-0.2, -0.15) is 0 Å². The maximum absolute atomic E-state index is 11.6. The predicted octanol–water partition coefficient (Wildman–Crippen LogP) is 1.41. The van der Waals surface area contributed by atoms with Crippen LogP contribution in [0.2, 0.25) is 0 Å². The Morgan fingerprint density at radius 2 is 1.84 bits per heavy atom.